The normalized spacial score (nSPS) is 9.62. The molecule has 69 valence electrons. The number of pyridine rings is 1. The highest BCUT2D eigenvalue weighted by Gasteiger charge is 2.02. The van der Waals surface area contributed by atoms with Gasteiger partial charge in [0.15, 0.2) is 0 Å². The Kier molecular flexibility index (Phi) is 3.96. The highest BCUT2D eigenvalue weighted by atomic mass is 16.1. The number of carbonyl (C=O) groups excluding carboxylic acids is 1. The van der Waals surface area contributed by atoms with E-state index < -0.39 is 0 Å². The molecule has 0 saturated carbocycles. The number of unbranched alkanes of at least 4 members (excludes halogenated alkanes) is 1. The van der Waals surface area contributed by atoms with Crippen LogP contribution in [0.25, 0.3) is 0 Å². The van der Waals surface area contributed by atoms with Crippen LogP contribution < -0.4 is 5.32 Å². The van der Waals surface area contributed by atoms with Gasteiger partial charge in [-0.2, -0.15) is 0 Å². The summed E-state index contributed by atoms with van der Waals surface area (Å²) in [5.41, 5.74) is 0.603. The number of rotatable bonds is 4. The van der Waals surface area contributed by atoms with E-state index in [2.05, 4.69) is 17.2 Å². The van der Waals surface area contributed by atoms with E-state index in [-0.39, 0.29) is 5.91 Å². The molecule has 0 unspecified atom stereocenters. The third kappa shape index (κ3) is 3.23. The predicted octanol–water partition coefficient (Wildman–Crippen LogP) is 1.43. The molecule has 1 rings (SSSR count). The second kappa shape index (κ2) is 5.30. The maximum Gasteiger partial charge on any atom is 0.252 e. The van der Waals surface area contributed by atoms with E-state index in [4.69, 9.17) is 0 Å². The largest absolute Gasteiger partial charge is 0.352 e. The zero-order valence-electron chi connectivity index (χ0n) is 7.49. The lowest BCUT2D eigenvalue weighted by molar-refractivity contribution is 0.0953. The van der Waals surface area contributed by atoms with Crippen LogP contribution in [0.3, 0.4) is 0 Å². The summed E-state index contributed by atoms with van der Waals surface area (Å²) >= 11 is 0. The number of nitrogens with zero attached hydrogens (tertiary/aromatic N) is 1. The van der Waals surface area contributed by atoms with Gasteiger partial charge in [-0.05, 0) is 18.6 Å². The number of hydrogen-bond donors (Lipinski definition) is 1. The molecule has 0 aliphatic carbocycles. The molecule has 0 bridgehead atoms. The van der Waals surface area contributed by atoms with Gasteiger partial charge in [-0.25, -0.2) is 0 Å². The minimum Gasteiger partial charge on any atom is -0.352 e. The molecule has 1 heterocycles. The molecule has 1 N–H and O–H groups in total. The minimum atomic E-state index is -0.0680. The third-order valence-corrected chi connectivity index (χ3v) is 1.64. The number of carbonyl (C=O) groups is 1. The fraction of sp³-hybridized carbons (Fsp3) is 0.300. The maximum atomic E-state index is 11.3. The van der Waals surface area contributed by atoms with Crippen molar-refractivity contribution in [2.45, 2.75) is 12.8 Å². The van der Waals surface area contributed by atoms with Gasteiger partial charge in [0.05, 0.1) is 5.56 Å². The number of aromatic nitrogens is 1. The molecule has 1 aromatic rings. The SMILES string of the molecule is [CH2]CCCNC(=O)c1cccnc1. The van der Waals surface area contributed by atoms with Gasteiger partial charge in [-0.3, -0.25) is 9.78 Å². The summed E-state index contributed by atoms with van der Waals surface area (Å²) in [6, 6.07) is 3.49. The Morgan fingerprint density at radius 1 is 1.62 bits per heavy atom. The Morgan fingerprint density at radius 3 is 3.08 bits per heavy atom. The molecule has 1 radical (unpaired) electrons. The number of hydrogen-bond acceptors (Lipinski definition) is 2. The Balaban J connectivity index is 2.40. The van der Waals surface area contributed by atoms with Gasteiger partial charge >= 0.3 is 0 Å². The molecule has 0 aromatic carbocycles. The second-order valence-corrected chi connectivity index (χ2v) is 2.70. The van der Waals surface area contributed by atoms with Crippen molar-refractivity contribution in [2.75, 3.05) is 6.54 Å². The van der Waals surface area contributed by atoms with Crippen LogP contribution in [0, 0.1) is 6.92 Å². The minimum absolute atomic E-state index is 0.0680. The molecule has 0 saturated heterocycles. The Labute approximate surface area is 78.2 Å². The molecule has 0 aliphatic rings. The summed E-state index contributed by atoms with van der Waals surface area (Å²) in [5.74, 6) is -0.0680. The summed E-state index contributed by atoms with van der Waals surface area (Å²) in [6.45, 7) is 4.37. The fourth-order valence-corrected chi connectivity index (χ4v) is 0.926. The quantitative estimate of drug-likeness (QED) is 0.707. The van der Waals surface area contributed by atoms with Crippen molar-refractivity contribution >= 4 is 5.91 Å². The monoisotopic (exact) mass is 177 g/mol. The first-order valence-corrected chi connectivity index (χ1v) is 4.32. The van der Waals surface area contributed by atoms with E-state index in [1.54, 1.807) is 24.5 Å². The van der Waals surface area contributed by atoms with Crippen LogP contribution in [0.5, 0.6) is 0 Å². The van der Waals surface area contributed by atoms with Crippen LogP contribution in [-0.2, 0) is 0 Å². The van der Waals surface area contributed by atoms with E-state index in [0.717, 1.165) is 12.8 Å². The highest BCUT2D eigenvalue weighted by Crippen LogP contribution is 1.95. The molecule has 0 atom stereocenters. The van der Waals surface area contributed by atoms with E-state index in [1.165, 1.54) is 0 Å². The van der Waals surface area contributed by atoms with Crippen LogP contribution in [0.2, 0.25) is 0 Å². The molecule has 3 nitrogen and oxygen atoms in total. The predicted molar refractivity (Wildman–Crippen MR) is 51.2 cm³/mol. The van der Waals surface area contributed by atoms with Gasteiger partial charge < -0.3 is 5.32 Å². The topological polar surface area (TPSA) is 42.0 Å². The van der Waals surface area contributed by atoms with Crippen LogP contribution in [0.15, 0.2) is 24.5 Å². The molecule has 3 heteroatoms. The lowest BCUT2D eigenvalue weighted by atomic mass is 10.2. The Morgan fingerprint density at radius 2 is 2.46 bits per heavy atom. The molecular formula is C10H13N2O. The third-order valence-electron chi connectivity index (χ3n) is 1.64. The lowest BCUT2D eigenvalue weighted by Crippen LogP contribution is -2.24. The molecular weight excluding hydrogens is 164 g/mol. The molecule has 0 spiro atoms. The molecule has 1 amide bonds. The van der Waals surface area contributed by atoms with Crippen molar-refractivity contribution < 1.29 is 4.79 Å². The number of nitrogens with one attached hydrogen (secondary N) is 1. The molecule has 0 fully saturated rings. The van der Waals surface area contributed by atoms with Crippen molar-refractivity contribution in [3.05, 3.63) is 37.0 Å². The molecule has 1 aromatic heterocycles. The molecule has 13 heavy (non-hydrogen) atoms. The van der Waals surface area contributed by atoms with Crippen molar-refractivity contribution in [1.82, 2.24) is 10.3 Å². The van der Waals surface area contributed by atoms with Crippen molar-refractivity contribution in [1.29, 1.82) is 0 Å². The standard InChI is InChI=1S/C10H13N2O/c1-2-3-7-12-10(13)9-5-4-6-11-8-9/h4-6,8H,1-3,7H2,(H,12,13). The average Bonchev–Trinajstić information content (AvgIpc) is 2.19. The first kappa shape index (κ1) is 9.71. The highest BCUT2D eigenvalue weighted by molar-refractivity contribution is 5.93. The summed E-state index contributed by atoms with van der Waals surface area (Å²) in [7, 11) is 0. The van der Waals surface area contributed by atoms with Crippen molar-refractivity contribution in [3.63, 3.8) is 0 Å². The van der Waals surface area contributed by atoms with Crippen LogP contribution in [-0.4, -0.2) is 17.4 Å². The van der Waals surface area contributed by atoms with Gasteiger partial charge in [0, 0.05) is 18.9 Å². The van der Waals surface area contributed by atoms with E-state index >= 15 is 0 Å². The smallest absolute Gasteiger partial charge is 0.252 e. The Bertz CT molecular complexity index is 259. The van der Waals surface area contributed by atoms with Crippen molar-refractivity contribution in [2.24, 2.45) is 0 Å². The summed E-state index contributed by atoms with van der Waals surface area (Å²) in [6.07, 6.45) is 4.95. The van der Waals surface area contributed by atoms with Gasteiger partial charge in [0.25, 0.3) is 5.91 Å². The van der Waals surface area contributed by atoms with Crippen molar-refractivity contribution in [3.8, 4) is 0 Å². The Hall–Kier alpha value is -1.38. The van der Waals surface area contributed by atoms with Crippen LogP contribution >= 0.6 is 0 Å². The average molecular weight is 177 g/mol. The van der Waals surface area contributed by atoms with Gasteiger partial charge in [-0.1, -0.05) is 13.3 Å². The zero-order chi connectivity index (χ0) is 9.52. The fourth-order valence-electron chi connectivity index (χ4n) is 0.926. The van der Waals surface area contributed by atoms with E-state index in [9.17, 15) is 4.79 Å². The van der Waals surface area contributed by atoms with E-state index in [1.807, 2.05) is 0 Å². The molecule has 0 aliphatic heterocycles. The number of amides is 1. The lowest BCUT2D eigenvalue weighted by Gasteiger charge is -2.02. The summed E-state index contributed by atoms with van der Waals surface area (Å²) < 4.78 is 0. The first-order chi connectivity index (χ1) is 6.34. The summed E-state index contributed by atoms with van der Waals surface area (Å²) in [5, 5.41) is 2.78. The van der Waals surface area contributed by atoms with Crippen LogP contribution in [0.4, 0.5) is 0 Å². The second-order valence-electron chi connectivity index (χ2n) is 2.70. The van der Waals surface area contributed by atoms with Crippen LogP contribution in [0.1, 0.15) is 23.2 Å². The first-order valence-electron chi connectivity index (χ1n) is 4.32. The zero-order valence-corrected chi connectivity index (χ0v) is 7.49. The van der Waals surface area contributed by atoms with E-state index in [0.29, 0.717) is 12.1 Å². The summed E-state index contributed by atoms with van der Waals surface area (Å²) in [4.78, 5) is 15.2. The van der Waals surface area contributed by atoms with Gasteiger partial charge in [0.1, 0.15) is 0 Å². The van der Waals surface area contributed by atoms with Gasteiger partial charge in [0.2, 0.25) is 0 Å². The van der Waals surface area contributed by atoms with Gasteiger partial charge in [-0.15, -0.1) is 0 Å². The maximum absolute atomic E-state index is 11.3.